The average molecular weight is 286 g/mol. The summed E-state index contributed by atoms with van der Waals surface area (Å²) in [6.45, 7) is 0. The molecule has 3 aliphatic rings. The third-order valence-corrected chi connectivity index (χ3v) is 5.81. The van der Waals surface area contributed by atoms with Crippen LogP contribution in [-0.4, -0.2) is 16.8 Å². The van der Waals surface area contributed by atoms with Gasteiger partial charge in [-0.15, -0.1) is 0 Å². The van der Waals surface area contributed by atoms with Crippen LogP contribution in [0.15, 0.2) is 0 Å². The van der Waals surface area contributed by atoms with Gasteiger partial charge in [0.15, 0.2) is 0 Å². The fourth-order valence-corrected chi connectivity index (χ4v) is 4.46. The minimum Gasteiger partial charge on any atom is -0.352 e. The summed E-state index contributed by atoms with van der Waals surface area (Å²) in [6.07, 6.45) is 8.89. The molecule has 0 saturated heterocycles. The van der Waals surface area contributed by atoms with E-state index >= 15 is 0 Å². The van der Waals surface area contributed by atoms with E-state index in [1.807, 2.05) is 0 Å². The molecule has 3 aliphatic carbocycles. The summed E-state index contributed by atoms with van der Waals surface area (Å²) in [6, 6.07) is 0.398. The van der Waals surface area contributed by atoms with Gasteiger partial charge in [0.05, 0.1) is 0 Å². The molecule has 0 bridgehead atoms. The van der Waals surface area contributed by atoms with Gasteiger partial charge in [-0.1, -0.05) is 35.2 Å². The molecular weight excluding hydrogens is 266 g/mol. The number of halogens is 1. The fourth-order valence-electron chi connectivity index (χ4n) is 3.74. The van der Waals surface area contributed by atoms with Gasteiger partial charge in [-0.3, -0.25) is 4.79 Å². The van der Waals surface area contributed by atoms with Crippen molar-refractivity contribution in [3.8, 4) is 0 Å². The summed E-state index contributed by atoms with van der Waals surface area (Å²) < 4.78 is 0. The molecule has 0 heterocycles. The van der Waals surface area contributed by atoms with Gasteiger partial charge in [0, 0.05) is 16.8 Å². The number of hydrogen-bond acceptors (Lipinski definition) is 1. The van der Waals surface area contributed by atoms with E-state index < -0.39 is 0 Å². The lowest BCUT2D eigenvalue weighted by Crippen LogP contribution is -2.39. The predicted octanol–water partition coefficient (Wildman–Crippen LogP) is 2.85. The van der Waals surface area contributed by atoms with Gasteiger partial charge in [0.25, 0.3) is 0 Å². The van der Waals surface area contributed by atoms with Crippen molar-refractivity contribution in [1.29, 1.82) is 0 Å². The maximum absolute atomic E-state index is 12.1. The van der Waals surface area contributed by atoms with Gasteiger partial charge in [-0.2, -0.15) is 0 Å². The van der Waals surface area contributed by atoms with E-state index in [2.05, 4.69) is 21.2 Å². The molecule has 3 saturated carbocycles. The molecule has 0 aromatic carbocycles. The fraction of sp³-hybridized carbons (Fsp3) is 0.923. The SMILES string of the molecule is O=C(NC1CCCC1Br)C1C2CCCCC21. The molecular formula is C13H20BrNO. The number of nitrogens with one attached hydrogen (secondary N) is 1. The molecule has 0 spiro atoms. The van der Waals surface area contributed by atoms with Crippen LogP contribution in [0.25, 0.3) is 0 Å². The second-order valence-corrected chi connectivity index (χ2v) is 6.88. The van der Waals surface area contributed by atoms with E-state index in [9.17, 15) is 4.79 Å². The van der Waals surface area contributed by atoms with E-state index in [0.29, 0.717) is 22.7 Å². The number of amides is 1. The zero-order valence-corrected chi connectivity index (χ0v) is 11.2. The maximum Gasteiger partial charge on any atom is 0.223 e. The molecule has 0 radical (unpaired) electrons. The second-order valence-electron chi connectivity index (χ2n) is 5.70. The third kappa shape index (κ3) is 1.92. The molecule has 3 rings (SSSR count). The summed E-state index contributed by atoms with van der Waals surface area (Å²) in [7, 11) is 0. The topological polar surface area (TPSA) is 29.1 Å². The van der Waals surface area contributed by atoms with E-state index in [-0.39, 0.29) is 0 Å². The summed E-state index contributed by atoms with van der Waals surface area (Å²) in [5.41, 5.74) is 0. The second kappa shape index (κ2) is 4.32. The number of rotatable bonds is 2. The normalized spacial score (nSPS) is 46.2. The molecule has 1 amide bonds. The van der Waals surface area contributed by atoms with Crippen LogP contribution in [-0.2, 0) is 4.79 Å². The molecule has 3 heteroatoms. The molecule has 4 unspecified atom stereocenters. The summed E-state index contributed by atoms with van der Waals surface area (Å²) >= 11 is 3.66. The van der Waals surface area contributed by atoms with Crippen molar-refractivity contribution in [3.63, 3.8) is 0 Å². The molecule has 2 nitrogen and oxygen atoms in total. The maximum atomic E-state index is 12.1. The van der Waals surface area contributed by atoms with Crippen LogP contribution in [0.3, 0.4) is 0 Å². The van der Waals surface area contributed by atoms with E-state index in [4.69, 9.17) is 0 Å². The first-order valence-electron chi connectivity index (χ1n) is 6.72. The highest BCUT2D eigenvalue weighted by Crippen LogP contribution is 2.55. The minimum absolute atomic E-state index is 0.355. The zero-order valence-electron chi connectivity index (χ0n) is 9.62. The first kappa shape index (κ1) is 11.1. The van der Waals surface area contributed by atoms with Crippen LogP contribution in [0.4, 0.5) is 0 Å². The molecule has 0 aliphatic heterocycles. The monoisotopic (exact) mass is 285 g/mol. The third-order valence-electron chi connectivity index (χ3n) is 4.72. The van der Waals surface area contributed by atoms with Crippen molar-refractivity contribution in [3.05, 3.63) is 0 Å². The standard InChI is InChI=1S/C13H20BrNO/c14-10-6-3-7-11(10)15-13(16)12-8-4-1-2-5-9(8)12/h8-12H,1-7H2,(H,15,16). The number of alkyl halides is 1. The Morgan fingerprint density at radius 3 is 2.25 bits per heavy atom. The zero-order chi connectivity index (χ0) is 11.1. The highest BCUT2D eigenvalue weighted by molar-refractivity contribution is 9.09. The van der Waals surface area contributed by atoms with Crippen molar-refractivity contribution in [2.45, 2.75) is 55.8 Å². The Labute approximate surface area is 106 Å². The Balaban J connectivity index is 1.54. The minimum atomic E-state index is 0.355. The number of hydrogen-bond donors (Lipinski definition) is 1. The van der Waals surface area contributed by atoms with Gasteiger partial charge in [-0.05, 0) is 37.5 Å². The quantitative estimate of drug-likeness (QED) is 0.777. The van der Waals surface area contributed by atoms with Crippen LogP contribution in [0.2, 0.25) is 0 Å². The lowest BCUT2D eigenvalue weighted by atomic mass is 10.0. The largest absolute Gasteiger partial charge is 0.352 e. The molecule has 0 aromatic rings. The van der Waals surface area contributed by atoms with Crippen molar-refractivity contribution in [2.24, 2.45) is 17.8 Å². The van der Waals surface area contributed by atoms with Crippen molar-refractivity contribution in [2.75, 3.05) is 0 Å². The van der Waals surface area contributed by atoms with Crippen LogP contribution < -0.4 is 5.32 Å². The Morgan fingerprint density at radius 2 is 1.69 bits per heavy atom. The van der Waals surface area contributed by atoms with Crippen molar-refractivity contribution < 1.29 is 4.79 Å². The van der Waals surface area contributed by atoms with Crippen molar-refractivity contribution >= 4 is 21.8 Å². The lowest BCUT2D eigenvalue weighted by molar-refractivity contribution is -0.123. The molecule has 3 fully saturated rings. The number of carbonyl (C=O) groups is 1. The first-order valence-corrected chi connectivity index (χ1v) is 7.63. The summed E-state index contributed by atoms with van der Waals surface area (Å²) in [4.78, 5) is 12.7. The molecule has 16 heavy (non-hydrogen) atoms. The summed E-state index contributed by atoms with van der Waals surface area (Å²) in [5.74, 6) is 2.21. The van der Waals surface area contributed by atoms with Gasteiger partial charge in [-0.25, -0.2) is 0 Å². The van der Waals surface area contributed by atoms with Crippen LogP contribution in [0.1, 0.15) is 44.9 Å². The Hall–Kier alpha value is -0.0500. The highest BCUT2D eigenvalue weighted by Gasteiger charge is 2.55. The Bertz CT molecular complexity index is 282. The van der Waals surface area contributed by atoms with Crippen molar-refractivity contribution in [1.82, 2.24) is 5.32 Å². The van der Waals surface area contributed by atoms with Gasteiger partial charge in [0.1, 0.15) is 0 Å². The first-order chi connectivity index (χ1) is 7.77. The van der Waals surface area contributed by atoms with Gasteiger partial charge >= 0.3 is 0 Å². The molecule has 4 atom stereocenters. The Kier molecular flexibility index (Phi) is 2.99. The smallest absolute Gasteiger partial charge is 0.223 e. The summed E-state index contributed by atoms with van der Waals surface area (Å²) in [5, 5.41) is 3.26. The van der Waals surface area contributed by atoms with E-state index in [1.54, 1.807) is 0 Å². The molecule has 0 aromatic heterocycles. The van der Waals surface area contributed by atoms with E-state index in [1.165, 1.54) is 38.5 Å². The van der Waals surface area contributed by atoms with Crippen LogP contribution in [0, 0.1) is 17.8 Å². The number of carbonyl (C=O) groups excluding carboxylic acids is 1. The molecule has 90 valence electrons. The van der Waals surface area contributed by atoms with E-state index in [0.717, 1.165) is 18.3 Å². The Morgan fingerprint density at radius 1 is 1.00 bits per heavy atom. The highest BCUT2D eigenvalue weighted by atomic mass is 79.9. The van der Waals surface area contributed by atoms with Gasteiger partial charge in [0.2, 0.25) is 5.91 Å². The number of fused-ring (bicyclic) bond motifs is 1. The van der Waals surface area contributed by atoms with Crippen LogP contribution >= 0.6 is 15.9 Å². The lowest BCUT2D eigenvalue weighted by Gasteiger charge is -2.16. The average Bonchev–Trinajstić information content (AvgIpc) is 2.90. The molecule has 1 N–H and O–H groups in total. The van der Waals surface area contributed by atoms with Crippen LogP contribution in [0.5, 0.6) is 0 Å². The predicted molar refractivity (Wildman–Crippen MR) is 67.4 cm³/mol. The van der Waals surface area contributed by atoms with Gasteiger partial charge < -0.3 is 5.32 Å².